The number of esters is 1. The predicted molar refractivity (Wildman–Crippen MR) is 108 cm³/mol. The summed E-state index contributed by atoms with van der Waals surface area (Å²) in [6, 6.07) is 7.06. The van der Waals surface area contributed by atoms with E-state index in [1.165, 1.54) is 18.4 Å². The molecule has 0 radical (unpaired) electrons. The van der Waals surface area contributed by atoms with E-state index in [4.69, 9.17) is 16.3 Å². The molecule has 2 aromatic rings. The van der Waals surface area contributed by atoms with Gasteiger partial charge in [-0.3, -0.25) is 9.59 Å². The smallest absolute Gasteiger partial charge is 0.341 e. The lowest BCUT2D eigenvalue weighted by molar-refractivity contribution is -0.146. The fourth-order valence-corrected chi connectivity index (χ4v) is 4.40. The largest absolute Gasteiger partial charge is 0.481 e. The Hall–Kier alpha value is -2.64. The zero-order valence-electron chi connectivity index (χ0n) is 15.0. The number of rotatable bonds is 5. The van der Waals surface area contributed by atoms with E-state index in [1.54, 1.807) is 41.8 Å². The van der Waals surface area contributed by atoms with Crippen LogP contribution in [0.15, 0.2) is 41.8 Å². The number of allylic oxidation sites excluding steroid dienone is 2. The molecule has 3 rings (SSSR count). The fourth-order valence-electron chi connectivity index (χ4n) is 3.21. The zero-order valence-corrected chi connectivity index (χ0v) is 16.5. The van der Waals surface area contributed by atoms with Crippen molar-refractivity contribution >= 4 is 45.8 Å². The number of carboxylic acid groups (broad SMARTS) is 1. The van der Waals surface area contributed by atoms with Gasteiger partial charge in [0.1, 0.15) is 10.6 Å². The Morgan fingerprint density at radius 1 is 1.14 bits per heavy atom. The Morgan fingerprint density at radius 2 is 1.82 bits per heavy atom. The van der Waals surface area contributed by atoms with Crippen molar-refractivity contribution in [2.24, 2.45) is 11.8 Å². The van der Waals surface area contributed by atoms with Gasteiger partial charge < -0.3 is 15.2 Å². The normalized spacial score (nSPS) is 18.5. The van der Waals surface area contributed by atoms with Crippen LogP contribution >= 0.6 is 22.9 Å². The van der Waals surface area contributed by atoms with E-state index < -0.39 is 29.7 Å². The lowest BCUT2D eigenvalue weighted by Gasteiger charge is -2.24. The number of ether oxygens (including phenoxy) is 1. The number of nitrogens with one attached hydrogen (secondary N) is 1. The second-order valence-electron chi connectivity index (χ2n) is 6.31. The van der Waals surface area contributed by atoms with Crippen molar-refractivity contribution in [1.29, 1.82) is 0 Å². The molecule has 0 spiro atoms. The topological polar surface area (TPSA) is 92.7 Å². The summed E-state index contributed by atoms with van der Waals surface area (Å²) in [7, 11) is 1.26. The van der Waals surface area contributed by atoms with Gasteiger partial charge in [-0.2, -0.15) is 0 Å². The van der Waals surface area contributed by atoms with Crippen molar-refractivity contribution in [2.75, 3.05) is 12.4 Å². The van der Waals surface area contributed by atoms with Gasteiger partial charge in [0.25, 0.3) is 0 Å². The van der Waals surface area contributed by atoms with Crippen LogP contribution in [0.1, 0.15) is 23.2 Å². The van der Waals surface area contributed by atoms with E-state index in [1.807, 2.05) is 0 Å². The van der Waals surface area contributed by atoms with Crippen LogP contribution in [0.5, 0.6) is 0 Å². The number of thiophene rings is 1. The maximum absolute atomic E-state index is 12.8. The average Bonchev–Trinajstić information content (AvgIpc) is 3.10. The van der Waals surface area contributed by atoms with Gasteiger partial charge in [0, 0.05) is 21.5 Å². The molecule has 1 aromatic heterocycles. The van der Waals surface area contributed by atoms with Gasteiger partial charge in [0.05, 0.1) is 18.9 Å². The summed E-state index contributed by atoms with van der Waals surface area (Å²) in [5.41, 5.74) is 1.40. The number of amides is 1. The number of carbonyl (C=O) groups excluding carboxylic acids is 2. The molecule has 2 N–H and O–H groups in total. The van der Waals surface area contributed by atoms with Crippen LogP contribution in [0.3, 0.4) is 0 Å². The quantitative estimate of drug-likeness (QED) is 0.551. The molecule has 28 heavy (non-hydrogen) atoms. The highest BCUT2D eigenvalue weighted by Crippen LogP contribution is 2.39. The molecule has 0 fully saturated rings. The summed E-state index contributed by atoms with van der Waals surface area (Å²) in [6.45, 7) is 0. The number of halogens is 1. The molecule has 1 aliphatic carbocycles. The number of carbonyl (C=O) groups is 3. The highest BCUT2D eigenvalue weighted by Gasteiger charge is 2.35. The molecule has 6 nitrogen and oxygen atoms in total. The van der Waals surface area contributed by atoms with E-state index in [9.17, 15) is 19.5 Å². The number of anilines is 1. The van der Waals surface area contributed by atoms with Crippen LogP contribution in [-0.4, -0.2) is 30.1 Å². The van der Waals surface area contributed by atoms with Gasteiger partial charge in [-0.25, -0.2) is 4.79 Å². The summed E-state index contributed by atoms with van der Waals surface area (Å²) >= 11 is 7.43. The van der Waals surface area contributed by atoms with Gasteiger partial charge in [-0.15, -0.1) is 11.3 Å². The number of methoxy groups -OCH3 is 1. The zero-order chi connectivity index (χ0) is 20.3. The average molecular weight is 420 g/mol. The minimum absolute atomic E-state index is 0.201. The summed E-state index contributed by atoms with van der Waals surface area (Å²) in [5, 5.41) is 14.6. The molecule has 0 unspecified atom stereocenters. The molecular formula is C20H18ClNO5S. The van der Waals surface area contributed by atoms with Crippen LogP contribution in [0.4, 0.5) is 5.00 Å². The Labute approximate surface area is 170 Å². The van der Waals surface area contributed by atoms with Crippen LogP contribution in [-0.2, 0) is 14.3 Å². The van der Waals surface area contributed by atoms with Crippen molar-refractivity contribution in [1.82, 2.24) is 0 Å². The standard InChI is InChI=1S/C20H18ClNO5S/c1-27-20(26)16-14(11-6-4-5-9-15(11)21)10-28-18(16)22-17(23)12-7-2-3-8-13(12)19(24)25/h2-6,9-10,12-13H,7-8H2,1H3,(H,22,23)(H,24,25)/t12-,13+/m1/s1. The Bertz CT molecular complexity index is 952. The van der Waals surface area contributed by atoms with Gasteiger partial charge in [0.2, 0.25) is 5.91 Å². The summed E-state index contributed by atoms with van der Waals surface area (Å²) in [4.78, 5) is 36.7. The Morgan fingerprint density at radius 3 is 2.46 bits per heavy atom. The predicted octanol–water partition coefficient (Wildman–Crippen LogP) is 4.46. The second kappa shape index (κ2) is 8.58. The van der Waals surface area contributed by atoms with Crippen LogP contribution in [0, 0.1) is 11.8 Å². The molecule has 0 bridgehead atoms. The van der Waals surface area contributed by atoms with E-state index >= 15 is 0 Å². The minimum Gasteiger partial charge on any atom is -0.481 e. The molecule has 1 aliphatic rings. The summed E-state index contributed by atoms with van der Waals surface area (Å²) in [5.74, 6) is -3.56. The molecule has 8 heteroatoms. The summed E-state index contributed by atoms with van der Waals surface area (Å²) in [6.07, 6.45) is 4.20. The first-order valence-corrected chi connectivity index (χ1v) is 9.83. The monoisotopic (exact) mass is 419 g/mol. The lowest BCUT2D eigenvalue weighted by atomic mass is 9.82. The van der Waals surface area contributed by atoms with E-state index in [2.05, 4.69) is 5.32 Å². The molecule has 2 atom stereocenters. The van der Waals surface area contributed by atoms with Crippen molar-refractivity contribution in [3.8, 4) is 11.1 Å². The molecule has 146 valence electrons. The highest BCUT2D eigenvalue weighted by atomic mass is 35.5. The molecule has 1 amide bonds. The lowest BCUT2D eigenvalue weighted by Crippen LogP contribution is -2.34. The molecule has 0 aliphatic heterocycles. The van der Waals surface area contributed by atoms with Crippen molar-refractivity contribution in [3.05, 3.63) is 52.4 Å². The molecule has 0 saturated carbocycles. The highest BCUT2D eigenvalue weighted by molar-refractivity contribution is 7.15. The van der Waals surface area contributed by atoms with Crippen LogP contribution in [0.25, 0.3) is 11.1 Å². The third-order valence-corrected chi connectivity index (χ3v) is 5.89. The number of hydrogen-bond donors (Lipinski definition) is 2. The van der Waals surface area contributed by atoms with Crippen LogP contribution < -0.4 is 5.32 Å². The first-order valence-electron chi connectivity index (χ1n) is 8.57. The van der Waals surface area contributed by atoms with E-state index in [-0.39, 0.29) is 5.56 Å². The molecule has 1 heterocycles. The first kappa shape index (κ1) is 20.1. The van der Waals surface area contributed by atoms with Gasteiger partial charge in [0.15, 0.2) is 0 Å². The minimum atomic E-state index is -1.01. The number of benzene rings is 1. The Balaban J connectivity index is 1.95. The third-order valence-electron chi connectivity index (χ3n) is 4.67. The van der Waals surface area contributed by atoms with E-state index in [0.717, 1.165) is 0 Å². The van der Waals surface area contributed by atoms with Crippen molar-refractivity contribution < 1.29 is 24.2 Å². The van der Waals surface area contributed by atoms with Crippen molar-refractivity contribution in [3.63, 3.8) is 0 Å². The number of carboxylic acids is 1. The van der Waals surface area contributed by atoms with Crippen LogP contribution in [0.2, 0.25) is 5.02 Å². The second-order valence-corrected chi connectivity index (χ2v) is 7.60. The molecule has 1 aromatic carbocycles. The first-order chi connectivity index (χ1) is 13.4. The fraction of sp³-hybridized carbons (Fsp3) is 0.250. The maximum Gasteiger partial charge on any atom is 0.341 e. The van der Waals surface area contributed by atoms with E-state index in [0.29, 0.717) is 34.0 Å². The molecule has 0 saturated heterocycles. The maximum atomic E-state index is 12.8. The SMILES string of the molecule is COC(=O)c1c(-c2ccccc2Cl)csc1NC(=O)[C@@H]1CC=CC[C@@H]1C(=O)O. The molecular weight excluding hydrogens is 402 g/mol. The number of aliphatic carboxylic acids is 1. The van der Waals surface area contributed by atoms with Gasteiger partial charge >= 0.3 is 11.9 Å². The third kappa shape index (κ3) is 3.95. The number of hydrogen-bond acceptors (Lipinski definition) is 5. The van der Waals surface area contributed by atoms with Gasteiger partial charge in [-0.1, -0.05) is 42.0 Å². The summed E-state index contributed by atoms with van der Waals surface area (Å²) < 4.78 is 4.89. The van der Waals surface area contributed by atoms with Gasteiger partial charge in [-0.05, 0) is 18.9 Å². The van der Waals surface area contributed by atoms with Crippen molar-refractivity contribution in [2.45, 2.75) is 12.8 Å². The Kier molecular flexibility index (Phi) is 6.16.